The summed E-state index contributed by atoms with van der Waals surface area (Å²) in [6.45, 7) is 0. The molecular formula is C18H22O2. The first-order chi connectivity index (χ1) is 9.93. The van der Waals surface area contributed by atoms with Crippen LogP contribution < -0.4 is 0 Å². The van der Waals surface area contributed by atoms with Gasteiger partial charge in [0.1, 0.15) is 0 Å². The van der Waals surface area contributed by atoms with Crippen LogP contribution in [0.2, 0.25) is 0 Å². The molecule has 0 spiro atoms. The predicted octanol–water partition coefficient (Wildman–Crippen LogP) is 2.33. The molecule has 0 aromatic heterocycles. The van der Waals surface area contributed by atoms with Crippen LogP contribution in [0, 0.1) is 59.2 Å². The summed E-state index contributed by atoms with van der Waals surface area (Å²) < 4.78 is 13.4. The first-order valence-electron chi connectivity index (χ1n) is 9.24. The molecule has 2 heterocycles. The molecule has 14 atom stereocenters. The molecule has 0 aromatic carbocycles. The summed E-state index contributed by atoms with van der Waals surface area (Å²) in [6.07, 6.45) is 8.39. The van der Waals surface area contributed by atoms with Gasteiger partial charge < -0.3 is 9.47 Å². The van der Waals surface area contributed by atoms with Crippen molar-refractivity contribution in [1.29, 1.82) is 0 Å². The SMILES string of the molecule is C1C[C@@H]2O[C@H]3[C@H]4[C@@H]5[C@H]6[C@@H]7[C@@H](O[C@@H]8CC[C@H]([C@H]78)[C@@H]36)[C@H]5[C@@H]1[C@H]42. The monoisotopic (exact) mass is 270 g/mol. The van der Waals surface area contributed by atoms with Crippen molar-refractivity contribution < 1.29 is 9.47 Å². The molecule has 2 nitrogen and oxygen atoms in total. The van der Waals surface area contributed by atoms with Crippen molar-refractivity contribution in [1.82, 2.24) is 0 Å². The number of fused-ring (bicyclic) bond motifs is 4. The van der Waals surface area contributed by atoms with E-state index in [4.69, 9.17) is 9.47 Å². The molecule has 20 heavy (non-hydrogen) atoms. The first-order valence-corrected chi connectivity index (χ1v) is 9.24. The Balaban J connectivity index is 1.43. The standard InChI is InChI=1S/C18H22O2/c1-3-7-9-5(1)11-13-14-12(18(19-7)15(9)13)6-2-4-8-10(6)16(14)17(11)20-8/h5-18H,1-4H2/t5-,6+,7-,8+,9-,10-,11-,12+,13-,14-,15+,16+,17-,18+/m0/s1. The van der Waals surface area contributed by atoms with Gasteiger partial charge in [-0.2, -0.15) is 0 Å². The molecule has 2 saturated heterocycles. The lowest BCUT2D eigenvalue weighted by atomic mass is 9.79. The van der Waals surface area contributed by atoms with Gasteiger partial charge in [-0.25, -0.2) is 0 Å². The molecule has 8 rings (SSSR count). The smallest absolute Gasteiger partial charge is 0.0647 e. The summed E-state index contributed by atoms with van der Waals surface area (Å²) in [6, 6.07) is 0. The molecule has 6 saturated carbocycles. The fourth-order valence-electron chi connectivity index (χ4n) is 10.0. The predicted molar refractivity (Wildman–Crippen MR) is 70.7 cm³/mol. The summed E-state index contributed by atoms with van der Waals surface area (Å²) in [5.41, 5.74) is 0. The Bertz CT molecular complexity index is 494. The van der Waals surface area contributed by atoms with Gasteiger partial charge >= 0.3 is 0 Å². The van der Waals surface area contributed by atoms with E-state index in [0.29, 0.717) is 24.4 Å². The molecule has 0 unspecified atom stereocenters. The van der Waals surface area contributed by atoms with Crippen LogP contribution in [0.4, 0.5) is 0 Å². The van der Waals surface area contributed by atoms with Crippen LogP contribution in [0.1, 0.15) is 25.7 Å². The van der Waals surface area contributed by atoms with Gasteiger partial charge in [0.25, 0.3) is 0 Å². The van der Waals surface area contributed by atoms with Crippen LogP contribution in [0.3, 0.4) is 0 Å². The maximum absolute atomic E-state index is 6.71. The highest BCUT2D eigenvalue weighted by molar-refractivity contribution is 5.29. The fourth-order valence-corrected chi connectivity index (χ4v) is 10.0. The molecule has 6 aliphatic carbocycles. The summed E-state index contributed by atoms with van der Waals surface area (Å²) in [7, 11) is 0. The second kappa shape index (κ2) is 2.65. The minimum absolute atomic E-state index is 0.663. The number of hydrogen-bond acceptors (Lipinski definition) is 2. The zero-order valence-electron chi connectivity index (χ0n) is 11.7. The molecule has 2 aliphatic heterocycles. The van der Waals surface area contributed by atoms with Gasteiger partial charge in [0.15, 0.2) is 0 Å². The summed E-state index contributed by atoms with van der Waals surface area (Å²) in [4.78, 5) is 0. The lowest BCUT2D eigenvalue weighted by molar-refractivity contribution is -0.0316. The van der Waals surface area contributed by atoms with Gasteiger partial charge in [0.2, 0.25) is 0 Å². The summed E-state index contributed by atoms with van der Waals surface area (Å²) >= 11 is 0. The molecule has 0 radical (unpaired) electrons. The summed E-state index contributed by atoms with van der Waals surface area (Å²) in [5, 5.41) is 0. The van der Waals surface area contributed by atoms with Crippen molar-refractivity contribution in [3.8, 4) is 0 Å². The average molecular weight is 270 g/mol. The van der Waals surface area contributed by atoms with Gasteiger partial charge in [0, 0.05) is 0 Å². The van der Waals surface area contributed by atoms with E-state index in [1.54, 1.807) is 0 Å². The highest BCUT2D eigenvalue weighted by Crippen LogP contribution is 2.81. The number of hydrogen-bond donors (Lipinski definition) is 0. The Labute approximate surface area is 119 Å². The van der Waals surface area contributed by atoms with Crippen molar-refractivity contribution in [3.05, 3.63) is 0 Å². The minimum Gasteiger partial charge on any atom is -0.374 e. The summed E-state index contributed by atoms with van der Waals surface area (Å²) in [5.74, 6) is 9.86. The molecule has 0 aromatic rings. The second-order valence-corrected chi connectivity index (χ2v) is 9.38. The van der Waals surface area contributed by atoms with Gasteiger partial charge in [-0.15, -0.1) is 0 Å². The van der Waals surface area contributed by atoms with Crippen LogP contribution in [0.25, 0.3) is 0 Å². The Hall–Kier alpha value is -0.0800. The highest BCUT2D eigenvalue weighted by atomic mass is 16.5. The molecule has 0 N–H and O–H groups in total. The van der Waals surface area contributed by atoms with Crippen molar-refractivity contribution in [2.45, 2.75) is 50.1 Å². The van der Waals surface area contributed by atoms with Crippen LogP contribution in [0.15, 0.2) is 0 Å². The largest absolute Gasteiger partial charge is 0.374 e. The zero-order chi connectivity index (χ0) is 12.3. The van der Waals surface area contributed by atoms with Crippen molar-refractivity contribution in [3.63, 3.8) is 0 Å². The topological polar surface area (TPSA) is 18.5 Å². The minimum atomic E-state index is 0.663. The van der Waals surface area contributed by atoms with Crippen LogP contribution >= 0.6 is 0 Å². The molecule has 0 bridgehead atoms. The Morgan fingerprint density at radius 2 is 0.950 bits per heavy atom. The number of rotatable bonds is 0. The molecule has 8 aliphatic rings. The molecule has 2 heteroatoms. The van der Waals surface area contributed by atoms with E-state index in [2.05, 4.69) is 0 Å². The van der Waals surface area contributed by atoms with Gasteiger partial charge in [0.05, 0.1) is 24.4 Å². The quantitative estimate of drug-likeness (QED) is 0.672. The molecule has 106 valence electrons. The first kappa shape index (κ1) is 9.84. The van der Waals surface area contributed by atoms with Gasteiger partial charge in [-0.3, -0.25) is 0 Å². The third-order valence-electron chi connectivity index (χ3n) is 9.70. The maximum Gasteiger partial charge on any atom is 0.0647 e. The van der Waals surface area contributed by atoms with Gasteiger partial charge in [-0.1, -0.05) is 0 Å². The molecular weight excluding hydrogens is 248 g/mol. The van der Waals surface area contributed by atoms with E-state index in [0.717, 1.165) is 59.2 Å². The van der Waals surface area contributed by atoms with Crippen LogP contribution in [0.5, 0.6) is 0 Å². The van der Waals surface area contributed by atoms with E-state index in [-0.39, 0.29) is 0 Å². The van der Waals surface area contributed by atoms with Gasteiger partial charge in [-0.05, 0) is 84.9 Å². The van der Waals surface area contributed by atoms with Crippen molar-refractivity contribution in [2.24, 2.45) is 59.2 Å². The van der Waals surface area contributed by atoms with E-state index in [1.165, 1.54) is 25.7 Å². The lowest BCUT2D eigenvalue weighted by Crippen LogP contribution is -2.28. The second-order valence-electron chi connectivity index (χ2n) is 9.38. The Morgan fingerprint density at radius 1 is 0.450 bits per heavy atom. The third kappa shape index (κ3) is 0.695. The fraction of sp³-hybridized carbons (Fsp3) is 1.00. The maximum atomic E-state index is 6.71. The van der Waals surface area contributed by atoms with Crippen LogP contribution in [-0.2, 0) is 9.47 Å². The van der Waals surface area contributed by atoms with Crippen molar-refractivity contribution >= 4 is 0 Å². The Morgan fingerprint density at radius 3 is 1.45 bits per heavy atom. The molecule has 0 amide bonds. The van der Waals surface area contributed by atoms with E-state index < -0.39 is 0 Å². The van der Waals surface area contributed by atoms with E-state index >= 15 is 0 Å². The van der Waals surface area contributed by atoms with Crippen LogP contribution in [-0.4, -0.2) is 24.4 Å². The normalized spacial score (nSPS) is 82.8. The highest BCUT2D eigenvalue weighted by Gasteiger charge is 2.82. The van der Waals surface area contributed by atoms with E-state index in [1.807, 2.05) is 0 Å². The molecule has 8 fully saturated rings. The van der Waals surface area contributed by atoms with E-state index in [9.17, 15) is 0 Å². The average Bonchev–Trinajstić information content (AvgIpc) is 3.17. The third-order valence-corrected chi connectivity index (χ3v) is 9.70. The number of ether oxygens (including phenoxy) is 2. The Kier molecular flexibility index (Phi) is 1.30. The van der Waals surface area contributed by atoms with Crippen molar-refractivity contribution in [2.75, 3.05) is 0 Å². The zero-order valence-corrected chi connectivity index (χ0v) is 11.7. The lowest BCUT2D eigenvalue weighted by Gasteiger charge is -2.25.